The lowest BCUT2D eigenvalue weighted by atomic mass is 10.1. The van der Waals surface area contributed by atoms with Crippen molar-refractivity contribution in [2.24, 2.45) is 0 Å². The number of aryl methyl sites for hydroxylation is 4. The van der Waals surface area contributed by atoms with Gasteiger partial charge in [0, 0.05) is 11.4 Å². The van der Waals surface area contributed by atoms with Crippen LogP contribution < -0.4 is 10.1 Å². The predicted octanol–water partition coefficient (Wildman–Crippen LogP) is 4.24. The van der Waals surface area contributed by atoms with Crippen molar-refractivity contribution in [1.82, 2.24) is 14.8 Å². The molecule has 0 aliphatic carbocycles. The zero-order chi connectivity index (χ0) is 20.3. The molecule has 6 nitrogen and oxygen atoms in total. The van der Waals surface area contributed by atoms with Gasteiger partial charge in [-0.2, -0.15) is 0 Å². The van der Waals surface area contributed by atoms with Gasteiger partial charge >= 0.3 is 0 Å². The molecule has 0 bridgehead atoms. The highest BCUT2D eigenvalue weighted by molar-refractivity contribution is 7.99. The van der Waals surface area contributed by atoms with Crippen molar-refractivity contribution in [3.05, 3.63) is 58.9 Å². The fraction of sp³-hybridized carbons (Fsp3) is 0.286. The van der Waals surface area contributed by atoms with Crippen LogP contribution in [0.5, 0.6) is 5.75 Å². The molecule has 0 aliphatic rings. The quantitative estimate of drug-likeness (QED) is 0.631. The second-order valence-electron chi connectivity index (χ2n) is 6.67. The van der Waals surface area contributed by atoms with Crippen molar-refractivity contribution in [3.8, 4) is 11.4 Å². The number of hydrogen-bond acceptors (Lipinski definition) is 5. The van der Waals surface area contributed by atoms with E-state index in [2.05, 4.69) is 34.6 Å². The van der Waals surface area contributed by atoms with Crippen LogP contribution in [0.2, 0.25) is 0 Å². The summed E-state index contributed by atoms with van der Waals surface area (Å²) < 4.78 is 7.14. The van der Waals surface area contributed by atoms with E-state index >= 15 is 0 Å². The molecular formula is C21H24N4O2S. The maximum absolute atomic E-state index is 12.5. The van der Waals surface area contributed by atoms with Crippen LogP contribution in [-0.2, 0) is 4.79 Å². The maximum atomic E-state index is 12.5. The molecule has 0 unspecified atom stereocenters. The Bertz CT molecular complexity index is 973. The van der Waals surface area contributed by atoms with E-state index in [0.717, 1.165) is 34.1 Å². The van der Waals surface area contributed by atoms with Crippen molar-refractivity contribution in [3.63, 3.8) is 0 Å². The maximum Gasteiger partial charge on any atom is 0.234 e. The molecule has 1 N–H and O–H groups in total. The Hall–Kier alpha value is -2.80. The van der Waals surface area contributed by atoms with Crippen LogP contribution in [0, 0.1) is 27.7 Å². The molecule has 0 atom stereocenters. The highest BCUT2D eigenvalue weighted by atomic mass is 32.2. The number of carbonyl (C=O) groups excluding carboxylic acids is 1. The van der Waals surface area contributed by atoms with Gasteiger partial charge in [-0.25, -0.2) is 0 Å². The van der Waals surface area contributed by atoms with Crippen LogP contribution in [-0.4, -0.2) is 33.5 Å². The van der Waals surface area contributed by atoms with Crippen LogP contribution in [0.4, 0.5) is 5.69 Å². The van der Waals surface area contributed by atoms with Gasteiger partial charge in [-0.3, -0.25) is 9.36 Å². The smallest absolute Gasteiger partial charge is 0.234 e. The number of methoxy groups -OCH3 is 1. The largest absolute Gasteiger partial charge is 0.497 e. The molecule has 3 aromatic rings. The van der Waals surface area contributed by atoms with E-state index < -0.39 is 0 Å². The summed E-state index contributed by atoms with van der Waals surface area (Å²) in [6.45, 7) is 7.95. The van der Waals surface area contributed by atoms with Crippen LogP contribution >= 0.6 is 11.8 Å². The van der Waals surface area contributed by atoms with Gasteiger partial charge < -0.3 is 10.1 Å². The summed E-state index contributed by atoms with van der Waals surface area (Å²) in [5.41, 5.74) is 5.12. The Morgan fingerprint density at radius 2 is 1.71 bits per heavy atom. The van der Waals surface area contributed by atoms with Gasteiger partial charge in [-0.05, 0) is 63.1 Å². The lowest BCUT2D eigenvalue weighted by Gasteiger charge is -2.13. The first-order valence-corrected chi connectivity index (χ1v) is 9.94. The minimum atomic E-state index is -0.0676. The van der Waals surface area contributed by atoms with E-state index in [9.17, 15) is 4.79 Å². The van der Waals surface area contributed by atoms with E-state index in [-0.39, 0.29) is 11.7 Å². The molecule has 28 heavy (non-hydrogen) atoms. The van der Waals surface area contributed by atoms with Crippen molar-refractivity contribution in [2.45, 2.75) is 32.9 Å². The van der Waals surface area contributed by atoms with Gasteiger partial charge in [0.05, 0.1) is 12.9 Å². The molecule has 0 radical (unpaired) electrons. The van der Waals surface area contributed by atoms with Crippen LogP contribution in [0.3, 0.4) is 0 Å². The third-order valence-electron chi connectivity index (χ3n) is 4.40. The number of anilines is 1. The lowest BCUT2D eigenvalue weighted by molar-refractivity contribution is -0.113. The second-order valence-corrected chi connectivity index (χ2v) is 7.62. The summed E-state index contributed by atoms with van der Waals surface area (Å²) in [5.74, 6) is 1.73. The van der Waals surface area contributed by atoms with Crippen LogP contribution in [0.15, 0.2) is 41.6 Å². The van der Waals surface area contributed by atoms with Crippen LogP contribution in [0.1, 0.15) is 22.5 Å². The van der Waals surface area contributed by atoms with Crippen LogP contribution in [0.25, 0.3) is 5.69 Å². The van der Waals surface area contributed by atoms with Crippen molar-refractivity contribution in [2.75, 3.05) is 18.2 Å². The number of thioether (sulfide) groups is 1. The molecule has 0 saturated heterocycles. The Morgan fingerprint density at radius 3 is 2.32 bits per heavy atom. The highest BCUT2D eigenvalue weighted by Crippen LogP contribution is 2.25. The summed E-state index contributed by atoms with van der Waals surface area (Å²) in [6.07, 6.45) is 0. The predicted molar refractivity (Wildman–Crippen MR) is 113 cm³/mol. The topological polar surface area (TPSA) is 69.0 Å². The fourth-order valence-corrected chi connectivity index (χ4v) is 3.95. The number of hydrogen-bond donors (Lipinski definition) is 1. The SMILES string of the molecule is COc1ccc(-n2c(C)nnc2SCC(=O)Nc2c(C)cc(C)cc2C)cc1. The summed E-state index contributed by atoms with van der Waals surface area (Å²) >= 11 is 1.36. The number of nitrogens with one attached hydrogen (secondary N) is 1. The standard InChI is InChI=1S/C21H24N4O2S/c1-13-10-14(2)20(15(3)11-13)22-19(26)12-28-21-24-23-16(4)25(21)17-6-8-18(27-5)9-7-17/h6-11H,12H2,1-5H3,(H,22,26). The van der Waals surface area contributed by atoms with Gasteiger partial charge in [0.15, 0.2) is 5.16 Å². The van der Waals surface area contributed by atoms with Gasteiger partial charge in [0.25, 0.3) is 0 Å². The third kappa shape index (κ3) is 4.36. The first-order chi connectivity index (χ1) is 13.4. The Morgan fingerprint density at radius 1 is 1.07 bits per heavy atom. The van der Waals surface area contributed by atoms with Gasteiger partial charge in [0.1, 0.15) is 11.6 Å². The van der Waals surface area contributed by atoms with Crippen molar-refractivity contribution < 1.29 is 9.53 Å². The molecule has 2 aromatic carbocycles. The number of carbonyl (C=O) groups is 1. The van der Waals surface area contributed by atoms with Crippen molar-refractivity contribution >= 4 is 23.4 Å². The van der Waals surface area contributed by atoms with Gasteiger partial charge in [0.2, 0.25) is 5.91 Å². The Balaban J connectivity index is 1.72. The van der Waals surface area contributed by atoms with E-state index in [1.165, 1.54) is 17.3 Å². The number of rotatable bonds is 6. The molecule has 3 rings (SSSR count). The molecule has 146 valence electrons. The monoisotopic (exact) mass is 396 g/mol. The highest BCUT2D eigenvalue weighted by Gasteiger charge is 2.15. The van der Waals surface area contributed by atoms with Gasteiger partial charge in [-0.1, -0.05) is 29.5 Å². The molecule has 0 fully saturated rings. The summed E-state index contributed by atoms with van der Waals surface area (Å²) in [6, 6.07) is 11.8. The van der Waals surface area contributed by atoms with E-state index in [4.69, 9.17) is 4.74 Å². The Labute approximate surface area is 169 Å². The average Bonchev–Trinajstić information content (AvgIpc) is 3.03. The summed E-state index contributed by atoms with van der Waals surface area (Å²) in [5, 5.41) is 12.1. The first kappa shape index (κ1) is 19.9. The molecule has 1 aromatic heterocycles. The number of benzene rings is 2. The molecule has 0 aliphatic heterocycles. The molecular weight excluding hydrogens is 372 g/mol. The fourth-order valence-electron chi connectivity index (χ4n) is 3.15. The minimum absolute atomic E-state index is 0.0676. The zero-order valence-corrected chi connectivity index (χ0v) is 17.6. The summed E-state index contributed by atoms with van der Waals surface area (Å²) in [7, 11) is 1.64. The molecule has 1 amide bonds. The number of amides is 1. The van der Waals surface area contributed by atoms with E-state index in [1.807, 2.05) is 49.6 Å². The summed E-state index contributed by atoms with van der Waals surface area (Å²) in [4.78, 5) is 12.5. The zero-order valence-electron chi connectivity index (χ0n) is 16.7. The number of aromatic nitrogens is 3. The normalized spacial score (nSPS) is 10.8. The molecule has 0 saturated carbocycles. The molecule has 0 spiro atoms. The van der Waals surface area contributed by atoms with E-state index in [1.54, 1.807) is 7.11 Å². The molecule has 1 heterocycles. The second kappa shape index (κ2) is 8.48. The lowest BCUT2D eigenvalue weighted by Crippen LogP contribution is -2.16. The molecule has 7 heteroatoms. The third-order valence-corrected chi connectivity index (χ3v) is 5.33. The van der Waals surface area contributed by atoms with Gasteiger partial charge in [-0.15, -0.1) is 10.2 Å². The Kier molecular flexibility index (Phi) is 6.04. The minimum Gasteiger partial charge on any atom is -0.497 e. The van der Waals surface area contributed by atoms with Crippen molar-refractivity contribution in [1.29, 1.82) is 0 Å². The number of ether oxygens (including phenoxy) is 1. The average molecular weight is 397 g/mol. The first-order valence-electron chi connectivity index (χ1n) is 8.96. The van der Waals surface area contributed by atoms with E-state index in [0.29, 0.717) is 5.16 Å². The number of nitrogens with zero attached hydrogens (tertiary/aromatic N) is 3.